The molecule has 1 rings (SSSR count). The van der Waals surface area contributed by atoms with E-state index < -0.39 is 0 Å². The monoisotopic (exact) mass is 280 g/mol. The van der Waals surface area contributed by atoms with Crippen LogP contribution in [0.5, 0.6) is 0 Å². The van der Waals surface area contributed by atoms with Crippen molar-refractivity contribution in [3.8, 4) is 0 Å². The van der Waals surface area contributed by atoms with Crippen LogP contribution in [-0.4, -0.2) is 60.8 Å². The SMILES string of the molecule is CN(C)C(CCCl)C1CCCCCN1CCCl. The van der Waals surface area contributed by atoms with E-state index >= 15 is 0 Å². The molecular formula is C13H26Cl2N2. The molecule has 0 aromatic rings. The molecule has 102 valence electrons. The van der Waals surface area contributed by atoms with Crippen LogP contribution in [0.4, 0.5) is 0 Å². The Labute approximate surface area is 116 Å². The van der Waals surface area contributed by atoms with Gasteiger partial charge in [-0.05, 0) is 39.9 Å². The molecule has 1 aliphatic rings. The molecule has 0 bridgehead atoms. The van der Waals surface area contributed by atoms with E-state index in [-0.39, 0.29) is 0 Å². The quantitative estimate of drug-likeness (QED) is 0.690. The van der Waals surface area contributed by atoms with Gasteiger partial charge >= 0.3 is 0 Å². The van der Waals surface area contributed by atoms with Crippen molar-refractivity contribution in [1.82, 2.24) is 9.80 Å². The molecule has 0 aliphatic carbocycles. The van der Waals surface area contributed by atoms with Crippen LogP contribution < -0.4 is 0 Å². The maximum Gasteiger partial charge on any atom is 0.0351 e. The van der Waals surface area contributed by atoms with E-state index in [1.807, 2.05) is 0 Å². The highest BCUT2D eigenvalue weighted by Crippen LogP contribution is 2.23. The van der Waals surface area contributed by atoms with Crippen molar-refractivity contribution in [3.63, 3.8) is 0 Å². The normalized spacial score (nSPS) is 24.9. The van der Waals surface area contributed by atoms with Crippen LogP contribution in [0, 0.1) is 0 Å². The summed E-state index contributed by atoms with van der Waals surface area (Å²) in [5.41, 5.74) is 0. The maximum absolute atomic E-state index is 5.95. The fourth-order valence-electron chi connectivity index (χ4n) is 2.92. The Kier molecular flexibility index (Phi) is 7.85. The van der Waals surface area contributed by atoms with E-state index in [1.165, 1.54) is 32.2 Å². The summed E-state index contributed by atoms with van der Waals surface area (Å²) in [6.45, 7) is 2.21. The first-order valence-electron chi connectivity index (χ1n) is 6.73. The molecule has 1 heterocycles. The van der Waals surface area contributed by atoms with E-state index in [0.717, 1.165) is 24.7 Å². The third-order valence-corrected chi connectivity index (χ3v) is 4.19. The third-order valence-electron chi connectivity index (χ3n) is 3.80. The highest BCUT2D eigenvalue weighted by Gasteiger charge is 2.29. The van der Waals surface area contributed by atoms with Crippen LogP contribution >= 0.6 is 23.2 Å². The molecule has 2 unspecified atom stereocenters. The van der Waals surface area contributed by atoms with Gasteiger partial charge in [-0.1, -0.05) is 12.8 Å². The Morgan fingerprint density at radius 2 is 1.94 bits per heavy atom. The van der Waals surface area contributed by atoms with Crippen LogP contribution in [0.1, 0.15) is 32.1 Å². The Morgan fingerprint density at radius 3 is 2.53 bits per heavy atom. The van der Waals surface area contributed by atoms with Gasteiger partial charge in [0.1, 0.15) is 0 Å². The van der Waals surface area contributed by atoms with Crippen molar-refractivity contribution in [1.29, 1.82) is 0 Å². The van der Waals surface area contributed by atoms with E-state index in [9.17, 15) is 0 Å². The van der Waals surface area contributed by atoms with Crippen molar-refractivity contribution in [3.05, 3.63) is 0 Å². The first-order chi connectivity index (χ1) is 8.20. The molecule has 1 fully saturated rings. The second kappa shape index (κ2) is 8.58. The molecule has 1 saturated heterocycles. The zero-order valence-electron chi connectivity index (χ0n) is 11.2. The van der Waals surface area contributed by atoms with Gasteiger partial charge in [0.2, 0.25) is 0 Å². The summed E-state index contributed by atoms with van der Waals surface area (Å²) in [6.07, 6.45) is 6.37. The number of hydrogen-bond donors (Lipinski definition) is 0. The molecule has 0 amide bonds. The lowest BCUT2D eigenvalue weighted by Crippen LogP contribution is -2.50. The van der Waals surface area contributed by atoms with Crippen LogP contribution in [0.15, 0.2) is 0 Å². The summed E-state index contributed by atoms with van der Waals surface area (Å²) in [4.78, 5) is 4.91. The average Bonchev–Trinajstić information content (AvgIpc) is 2.52. The van der Waals surface area contributed by atoms with Gasteiger partial charge in [-0.25, -0.2) is 0 Å². The molecule has 0 saturated carbocycles. The van der Waals surface area contributed by atoms with Gasteiger partial charge in [0.15, 0.2) is 0 Å². The Hall–Kier alpha value is 0.500. The van der Waals surface area contributed by atoms with E-state index in [1.54, 1.807) is 0 Å². The Morgan fingerprint density at radius 1 is 1.18 bits per heavy atom. The first kappa shape index (κ1) is 15.6. The van der Waals surface area contributed by atoms with Crippen molar-refractivity contribution < 1.29 is 0 Å². The predicted octanol–water partition coefficient (Wildman–Crippen LogP) is 3.03. The zero-order valence-corrected chi connectivity index (χ0v) is 12.7. The smallest absolute Gasteiger partial charge is 0.0351 e. The minimum Gasteiger partial charge on any atom is -0.305 e. The molecule has 0 spiro atoms. The van der Waals surface area contributed by atoms with E-state index in [0.29, 0.717) is 12.1 Å². The van der Waals surface area contributed by atoms with Crippen LogP contribution in [0.25, 0.3) is 0 Å². The van der Waals surface area contributed by atoms with Crippen LogP contribution in [0.2, 0.25) is 0 Å². The topological polar surface area (TPSA) is 6.48 Å². The summed E-state index contributed by atoms with van der Waals surface area (Å²) in [7, 11) is 4.34. The van der Waals surface area contributed by atoms with Gasteiger partial charge in [0, 0.05) is 30.4 Å². The molecule has 0 aromatic carbocycles. The number of rotatable bonds is 6. The van der Waals surface area contributed by atoms with Gasteiger partial charge < -0.3 is 4.90 Å². The molecule has 2 nitrogen and oxygen atoms in total. The molecule has 17 heavy (non-hydrogen) atoms. The summed E-state index contributed by atoms with van der Waals surface area (Å²) < 4.78 is 0. The maximum atomic E-state index is 5.95. The molecule has 4 heteroatoms. The van der Waals surface area contributed by atoms with Gasteiger partial charge in [0.05, 0.1) is 0 Å². The molecular weight excluding hydrogens is 255 g/mol. The number of likely N-dealkylation sites (N-methyl/N-ethyl adjacent to an activating group) is 1. The molecule has 0 N–H and O–H groups in total. The molecule has 0 aromatic heterocycles. The first-order valence-corrected chi connectivity index (χ1v) is 7.80. The largest absolute Gasteiger partial charge is 0.305 e. The summed E-state index contributed by atoms with van der Waals surface area (Å²) in [5.74, 6) is 1.48. The van der Waals surface area contributed by atoms with Gasteiger partial charge in [-0.3, -0.25) is 4.90 Å². The summed E-state index contributed by atoms with van der Waals surface area (Å²) >= 11 is 11.9. The standard InChI is InChI=1S/C13H26Cl2N2/c1-16(2)12(7-8-14)13-6-4-3-5-10-17(13)11-9-15/h12-13H,3-11H2,1-2H3. The lowest BCUT2D eigenvalue weighted by molar-refractivity contribution is 0.111. The average molecular weight is 281 g/mol. The minimum atomic E-state index is 0.564. The minimum absolute atomic E-state index is 0.564. The second-order valence-corrected chi connectivity index (χ2v) is 5.91. The Bertz CT molecular complexity index is 200. The second-order valence-electron chi connectivity index (χ2n) is 5.15. The number of halogens is 2. The zero-order chi connectivity index (χ0) is 12.7. The van der Waals surface area contributed by atoms with Crippen LogP contribution in [0.3, 0.4) is 0 Å². The fourth-order valence-corrected chi connectivity index (χ4v) is 3.36. The molecule has 0 radical (unpaired) electrons. The van der Waals surface area contributed by atoms with E-state index in [4.69, 9.17) is 23.2 Å². The van der Waals surface area contributed by atoms with Crippen molar-refractivity contribution >= 4 is 23.2 Å². The molecule has 1 aliphatic heterocycles. The predicted molar refractivity (Wildman–Crippen MR) is 77.4 cm³/mol. The van der Waals surface area contributed by atoms with Gasteiger partial charge in [-0.15, -0.1) is 23.2 Å². The highest BCUT2D eigenvalue weighted by molar-refractivity contribution is 6.18. The fraction of sp³-hybridized carbons (Fsp3) is 1.00. The highest BCUT2D eigenvalue weighted by atomic mass is 35.5. The van der Waals surface area contributed by atoms with E-state index in [2.05, 4.69) is 23.9 Å². The molecule has 2 atom stereocenters. The van der Waals surface area contributed by atoms with Crippen LogP contribution in [-0.2, 0) is 0 Å². The number of hydrogen-bond acceptors (Lipinski definition) is 2. The summed E-state index contributed by atoms with van der Waals surface area (Å²) in [6, 6.07) is 1.19. The van der Waals surface area contributed by atoms with Gasteiger partial charge in [-0.2, -0.15) is 0 Å². The number of nitrogens with zero attached hydrogens (tertiary/aromatic N) is 2. The van der Waals surface area contributed by atoms with Crippen molar-refractivity contribution in [2.24, 2.45) is 0 Å². The van der Waals surface area contributed by atoms with Crippen molar-refractivity contribution in [2.45, 2.75) is 44.2 Å². The van der Waals surface area contributed by atoms with Crippen molar-refractivity contribution in [2.75, 3.05) is 38.9 Å². The Balaban J connectivity index is 2.70. The third kappa shape index (κ3) is 4.94. The number of alkyl halides is 2. The number of likely N-dealkylation sites (tertiary alicyclic amines) is 1. The lowest BCUT2D eigenvalue weighted by Gasteiger charge is -2.38. The lowest BCUT2D eigenvalue weighted by atomic mass is 9.98. The summed E-state index contributed by atoms with van der Waals surface area (Å²) in [5, 5.41) is 0. The van der Waals surface area contributed by atoms with Gasteiger partial charge in [0.25, 0.3) is 0 Å².